The summed E-state index contributed by atoms with van der Waals surface area (Å²) >= 11 is 6.46. The van der Waals surface area contributed by atoms with E-state index < -0.39 is 10.0 Å². The minimum absolute atomic E-state index is 0.0383. The molecule has 1 atom stereocenters. The van der Waals surface area contributed by atoms with E-state index >= 15 is 0 Å². The molecule has 1 heterocycles. The summed E-state index contributed by atoms with van der Waals surface area (Å²) in [6, 6.07) is -0.182. The average molecular weight is 418 g/mol. The lowest BCUT2D eigenvalue weighted by Crippen LogP contribution is -2.44. The van der Waals surface area contributed by atoms with Gasteiger partial charge in [-0.05, 0) is 27.8 Å². The van der Waals surface area contributed by atoms with E-state index in [1.807, 2.05) is 20.8 Å². The minimum atomic E-state index is -3.66. The topological polar surface area (TPSA) is 76.9 Å². The highest BCUT2D eigenvalue weighted by atomic mass is 79.9. The van der Waals surface area contributed by atoms with Crippen molar-refractivity contribution in [3.05, 3.63) is 4.60 Å². The van der Waals surface area contributed by atoms with Crippen LogP contribution in [0.5, 0.6) is 0 Å². The number of hydrogen-bond acceptors (Lipinski definition) is 4. The van der Waals surface area contributed by atoms with E-state index in [0.29, 0.717) is 6.42 Å². The summed E-state index contributed by atoms with van der Waals surface area (Å²) in [5.41, 5.74) is -0.181. The molecular weight excluding hydrogens is 400 g/mol. The van der Waals surface area contributed by atoms with E-state index in [1.165, 1.54) is 4.68 Å². The molecule has 0 radical (unpaired) electrons. The van der Waals surface area contributed by atoms with Gasteiger partial charge in [-0.2, -0.15) is 0 Å². The Balaban J connectivity index is 3.08. The van der Waals surface area contributed by atoms with Crippen LogP contribution in [0, 0.1) is 5.41 Å². The van der Waals surface area contributed by atoms with Gasteiger partial charge in [0.1, 0.15) is 0 Å². The second-order valence-electron chi connectivity index (χ2n) is 5.33. The van der Waals surface area contributed by atoms with Crippen molar-refractivity contribution in [1.82, 2.24) is 19.7 Å². The van der Waals surface area contributed by atoms with Crippen molar-refractivity contribution in [2.24, 2.45) is 12.5 Å². The lowest BCUT2D eigenvalue weighted by atomic mass is 9.86. The number of nitrogens with zero attached hydrogens (tertiary/aromatic N) is 3. The molecule has 0 spiro atoms. The molecule has 1 aromatic rings. The fourth-order valence-corrected chi connectivity index (χ4v) is 4.66. The zero-order chi connectivity index (χ0) is 14.8. The molecule has 1 N–H and O–H groups in total. The predicted molar refractivity (Wildman–Crippen MR) is 80.7 cm³/mol. The summed E-state index contributed by atoms with van der Waals surface area (Å²) < 4.78 is 29.0. The molecule has 0 saturated heterocycles. The first kappa shape index (κ1) is 17.1. The van der Waals surface area contributed by atoms with Crippen molar-refractivity contribution in [2.45, 2.75) is 38.3 Å². The SMILES string of the molecule is Cn1nnc(Br)c1S(=O)(=O)NC(CCBr)C(C)(C)C. The molecule has 0 saturated carbocycles. The van der Waals surface area contributed by atoms with Crippen LogP contribution in [0.2, 0.25) is 0 Å². The number of aromatic nitrogens is 3. The highest BCUT2D eigenvalue weighted by Crippen LogP contribution is 2.25. The molecule has 1 rings (SSSR count). The van der Waals surface area contributed by atoms with Crippen molar-refractivity contribution in [3.8, 4) is 0 Å². The lowest BCUT2D eigenvalue weighted by Gasteiger charge is -2.30. The largest absolute Gasteiger partial charge is 0.260 e. The average Bonchev–Trinajstić information content (AvgIpc) is 2.56. The Kier molecular flexibility index (Phi) is 5.56. The van der Waals surface area contributed by atoms with Crippen LogP contribution in [0.15, 0.2) is 9.63 Å². The van der Waals surface area contributed by atoms with Crippen molar-refractivity contribution in [3.63, 3.8) is 0 Å². The van der Waals surface area contributed by atoms with Gasteiger partial charge in [0.05, 0.1) is 0 Å². The second kappa shape index (κ2) is 6.19. The Hall–Kier alpha value is 0.01000. The van der Waals surface area contributed by atoms with Gasteiger partial charge in [0.2, 0.25) is 5.03 Å². The summed E-state index contributed by atoms with van der Waals surface area (Å²) in [6.07, 6.45) is 0.700. The summed E-state index contributed by atoms with van der Waals surface area (Å²) in [6.45, 7) is 6.00. The van der Waals surface area contributed by atoms with Crippen LogP contribution >= 0.6 is 31.9 Å². The number of hydrogen-bond donors (Lipinski definition) is 1. The molecule has 110 valence electrons. The Labute approximate surface area is 130 Å². The highest BCUT2D eigenvalue weighted by molar-refractivity contribution is 9.10. The number of alkyl halides is 1. The molecule has 1 unspecified atom stereocenters. The van der Waals surface area contributed by atoms with Gasteiger partial charge in [0, 0.05) is 18.4 Å². The van der Waals surface area contributed by atoms with Crippen LogP contribution in [0.1, 0.15) is 27.2 Å². The standard InChI is InChI=1S/C10H18Br2N4O2S/c1-10(2,3)7(5-6-11)14-19(17,18)9-8(12)13-15-16(9)4/h7,14H,5-6H2,1-4H3. The van der Waals surface area contributed by atoms with Crippen molar-refractivity contribution >= 4 is 41.9 Å². The highest BCUT2D eigenvalue weighted by Gasteiger charge is 2.32. The number of aryl methyl sites for hydroxylation is 1. The molecule has 0 aromatic carbocycles. The number of rotatable bonds is 5. The van der Waals surface area contributed by atoms with Crippen LogP contribution in [-0.2, 0) is 17.1 Å². The van der Waals surface area contributed by atoms with Crippen LogP contribution < -0.4 is 4.72 Å². The second-order valence-corrected chi connectivity index (χ2v) is 8.50. The maximum atomic E-state index is 12.4. The van der Waals surface area contributed by atoms with Crippen molar-refractivity contribution in [1.29, 1.82) is 0 Å². The van der Waals surface area contributed by atoms with Crippen molar-refractivity contribution < 1.29 is 8.42 Å². The monoisotopic (exact) mass is 416 g/mol. The normalized spacial score (nSPS) is 14.6. The maximum absolute atomic E-state index is 12.4. The Morgan fingerprint density at radius 3 is 2.37 bits per heavy atom. The predicted octanol–water partition coefficient (Wildman–Crippen LogP) is 2.06. The molecule has 1 aromatic heterocycles. The Morgan fingerprint density at radius 1 is 1.42 bits per heavy atom. The molecule has 0 amide bonds. The number of sulfonamides is 1. The van der Waals surface area contributed by atoms with E-state index in [2.05, 4.69) is 46.9 Å². The Bertz CT molecular complexity index is 517. The molecule has 19 heavy (non-hydrogen) atoms. The first-order valence-corrected chi connectivity index (χ1v) is 9.13. The molecular formula is C10H18Br2N4O2S. The first-order chi connectivity index (χ1) is 8.59. The van der Waals surface area contributed by atoms with Gasteiger partial charge in [-0.1, -0.05) is 41.9 Å². The van der Waals surface area contributed by atoms with E-state index in [9.17, 15) is 8.42 Å². The van der Waals surface area contributed by atoms with Crippen molar-refractivity contribution in [2.75, 3.05) is 5.33 Å². The molecule has 9 heteroatoms. The Morgan fingerprint density at radius 2 is 2.00 bits per heavy atom. The quantitative estimate of drug-likeness (QED) is 0.743. The maximum Gasteiger partial charge on any atom is 0.260 e. The summed E-state index contributed by atoms with van der Waals surface area (Å²) in [7, 11) is -2.12. The van der Waals surface area contributed by atoms with Gasteiger partial charge in [0.15, 0.2) is 4.60 Å². The van der Waals surface area contributed by atoms with E-state index in [4.69, 9.17) is 0 Å². The van der Waals surface area contributed by atoms with Gasteiger partial charge in [0.25, 0.3) is 10.0 Å². The van der Waals surface area contributed by atoms with Gasteiger partial charge in [-0.3, -0.25) is 0 Å². The molecule has 0 aliphatic rings. The van der Waals surface area contributed by atoms with Gasteiger partial charge in [-0.15, -0.1) is 5.10 Å². The smallest absolute Gasteiger partial charge is 0.235 e. The summed E-state index contributed by atoms with van der Waals surface area (Å²) in [5.74, 6) is 0. The third kappa shape index (κ3) is 4.24. The molecule has 0 bridgehead atoms. The molecule has 0 aliphatic heterocycles. The number of nitrogens with one attached hydrogen (secondary N) is 1. The van der Waals surface area contributed by atoms with E-state index in [-0.39, 0.29) is 21.1 Å². The molecule has 6 nitrogen and oxygen atoms in total. The molecule has 0 aliphatic carbocycles. The third-order valence-corrected chi connectivity index (χ3v) is 5.55. The van der Waals surface area contributed by atoms with Crippen LogP contribution in [0.25, 0.3) is 0 Å². The number of halogens is 2. The van der Waals surface area contributed by atoms with Crippen LogP contribution in [-0.4, -0.2) is 34.8 Å². The fourth-order valence-electron chi connectivity index (χ4n) is 1.63. The zero-order valence-corrected chi connectivity index (χ0v) is 15.3. The van der Waals surface area contributed by atoms with Gasteiger partial charge in [-0.25, -0.2) is 17.8 Å². The van der Waals surface area contributed by atoms with Gasteiger partial charge >= 0.3 is 0 Å². The van der Waals surface area contributed by atoms with Crippen LogP contribution in [0.4, 0.5) is 0 Å². The zero-order valence-electron chi connectivity index (χ0n) is 11.3. The first-order valence-electron chi connectivity index (χ1n) is 5.73. The van der Waals surface area contributed by atoms with E-state index in [0.717, 1.165) is 5.33 Å². The minimum Gasteiger partial charge on any atom is -0.235 e. The lowest BCUT2D eigenvalue weighted by molar-refractivity contribution is 0.293. The van der Waals surface area contributed by atoms with Crippen LogP contribution in [0.3, 0.4) is 0 Å². The summed E-state index contributed by atoms with van der Waals surface area (Å²) in [5, 5.41) is 8.15. The molecule has 0 fully saturated rings. The van der Waals surface area contributed by atoms with Gasteiger partial charge < -0.3 is 0 Å². The summed E-state index contributed by atoms with van der Waals surface area (Å²) in [4.78, 5) is 0. The van der Waals surface area contributed by atoms with E-state index in [1.54, 1.807) is 7.05 Å². The fraction of sp³-hybridized carbons (Fsp3) is 0.800. The third-order valence-electron chi connectivity index (χ3n) is 2.73.